The average Bonchev–Trinajstić information content (AvgIpc) is 1.88. The standard InChI is InChI=1S/C7H16N2/c1-2-9-5-3-4-7(8)6-9/h7H,2-6,8H2,1H3/t7-/m0/s1. The fourth-order valence-corrected chi connectivity index (χ4v) is 1.38. The van der Waals surface area contributed by atoms with Gasteiger partial charge in [0.1, 0.15) is 0 Å². The molecule has 1 fully saturated rings. The smallest absolute Gasteiger partial charge is 0.0168 e. The van der Waals surface area contributed by atoms with E-state index in [0.717, 1.165) is 13.1 Å². The van der Waals surface area contributed by atoms with Gasteiger partial charge in [-0.3, -0.25) is 0 Å². The lowest BCUT2D eigenvalue weighted by Gasteiger charge is -2.29. The van der Waals surface area contributed by atoms with E-state index in [4.69, 9.17) is 5.73 Å². The summed E-state index contributed by atoms with van der Waals surface area (Å²) in [5.41, 5.74) is 5.76. The van der Waals surface area contributed by atoms with Crippen LogP contribution < -0.4 is 5.73 Å². The number of nitrogens with two attached hydrogens (primary N) is 1. The Hall–Kier alpha value is -0.0800. The molecule has 0 unspecified atom stereocenters. The van der Waals surface area contributed by atoms with Gasteiger partial charge in [0.25, 0.3) is 0 Å². The summed E-state index contributed by atoms with van der Waals surface area (Å²) < 4.78 is 0. The third-order valence-corrected chi connectivity index (χ3v) is 1.99. The molecule has 2 N–H and O–H groups in total. The topological polar surface area (TPSA) is 29.3 Å². The maximum absolute atomic E-state index is 5.76. The molecule has 0 aliphatic carbocycles. The summed E-state index contributed by atoms with van der Waals surface area (Å²) in [7, 11) is 0. The molecule has 0 amide bonds. The Morgan fingerprint density at radius 2 is 2.44 bits per heavy atom. The van der Waals surface area contributed by atoms with E-state index in [9.17, 15) is 0 Å². The third-order valence-electron chi connectivity index (χ3n) is 1.99. The lowest BCUT2D eigenvalue weighted by molar-refractivity contribution is 0.219. The van der Waals surface area contributed by atoms with E-state index >= 15 is 0 Å². The maximum atomic E-state index is 5.76. The van der Waals surface area contributed by atoms with E-state index < -0.39 is 0 Å². The highest BCUT2D eigenvalue weighted by Gasteiger charge is 2.13. The molecule has 54 valence electrons. The fourth-order valence-electron chi connectivity index (χ4n) is 1.38. The van der Waals surface area contributed by atoms with E-state index in [0.29, 0.717) is 6.04 Å². The normalized spacial score (nSPS) is 30.7. The van der Waals surface area contributed by atoms with Crippen LogP contribution in [0.15, 0.2) is 0 Å². The first-order valence-corrected chi connectivity index (χ1v) is 3.81. The van der Waals surface area contributed by atoms with Crippen LogP contribution in [0.25, 0.3) is 0 Å². The van der Waals surface area contributed by atoms with Crippen LogP contribution >= 0.6 is 0 Å². The van der Waals surface area contributed by atoms with Gasteiger partial charge in [-0.25, -0.2) is 0 Å². The highest BCUT2D eigenvalue weighted by atomic mass is 15.1. The monoisotopic (exact) mass is 128 g/mol. The number of likely N-dealkylation sites (tertiary alicyclic amines) is 1. The van der Waals surface area contributed by atoms with Gasteiger partial charge in [0.15, 0.2) is 0 Å². The van der Waals surface area contributed by atoms with E-state index in [1.807, 2.05) is 0 Å². The van der Waals surface area contributed by atoms with Crippen LogP contribution in [-0.2, 0) is 0 Å². The summed E-state index contributed by atoms with van der Waals surface area (Å²) in [5.74, 6) is 0. The quantitative estimate of drug-likeness (QED) is 0.555. The summed E-state index contributed by atoms with van der Waals surface area (Å²) in [5, 5.41) is 0. The summed E-state index contributed by atoms with van der Waals surface area (Å²) >= 11 is 0. The van der Waals surface area contributed by atoms with Crippen molar-refractivity contribution in [1.29, 1.82) is 0 Å². The van der Waals surface area contributed by atoms with Gasteiger partial charge in [-0.2, -0.15) is 0 Å². The SMILES string of the molecule is CCN1CCC[C@H](N)C1. The number of piperidine rings is 1. The number of hydrogen-bond donors (Lipinski definition) is 1. The van der Waals surface area contributed by atoms with Crippen LogP contribution in [0.2, 0.25) is 0 Å². The number of hydrogen-bond acceptors (Lipinski definition) is 2. The van der Waals surface area contributed by atoms with Crippen LogP contribution in [0, 0.1) is 0 Å². The molecule has 9 heavy (non-hydrogen) atoms. The van der Waals surface area contributed by atoms with Crippen molar-refractivity contribution in [2.75, 3.05) is 19.6 Å². The second-order valence-corrected chi connectivity index (χ2v) is 2.80. The van der Waals surface area contributed by atoms with Crippen molar-refractivity contribution in [3.63, 3.8) is 0 Å². The molecule has 1 atom stereocenters. The lowest BCUT2D eigenvalue weighted by atomic mass is 10.1. The second kappa shape index (κ2) is 3.18. The van der Waals surface area contributed by atoms with Gasteiger partial charge in [0.2, 0.25) is 0 Å². The molecule has 1 aliphatic heterocycles. The molecule has 0 aromatic heterocycles. The van der Waals surface area contributed by atoms with Gasteiger partial charge in [-0.15, -0.1) is 0 Å². The molecule has 1 aliphatic rings. The van der Waals surface area contributed by atoms with E-state index in [2.05, 4.69) is 11.8 Å². The van der Waals surface area contributed by atoms with Gasteiger partial charge in [-0.1, -0.05) is 6.92 Å². The highest BCUT2D eigenvalue weighted by molar-refractivity contribution is 4.73. The maximum Gasteiger partial charge on any atom is 0.0168 e. The Morgan fingerprint density at radius 3 is 2.89 bits per heavy atom. The predicted octanol–water partition coefficient (Wildman–Crippen LogP) is 0.429. The zero-order chi connectivity index (χ0) is 6.69. The van der Waals surface area contributed by atoms with Crippen LogP contribution in [0.5, 0.6) is 0 Å². The fraction of sp³-hybridized carbons (Fsp3) is 1.00. The summed E-state index contributed by atoms with van der Waals surface area (Å²) in [6.07, 6.45) is 2.51. The Bertz CT molecular complexity index is 83.0. The summed E-state index contributed by atoms with van der Waals surface area (Å²) in [6.45, 7) is 5.71. The largest absolute Gasteiger partial charge is 0.327 e. The van der Waals surface area contributed by atoms with E-state index in [1.54, 1.807) is 0 Å². The molecule has 1 saturated heterocycles. The first kappa shape index (κ1) is 7.03. The minimum absolute atomic E-state index is 0.443. The Kier molecular flexibility index (Phi) is 2.49. The molecule has 0 bridgehead atoms. The van der Waals surface area contributed by atoms with Crippen molar-refractivity contribution in [3.8, 4) is 0 Å². The van der Waals surface area contributed by atoms with Crippen LogP contribution in [0.3, 0.4) is 0 Å². The predicted molar refractivity (Wildman–Crippen MR) is 39.3 cm³/mol. The first-order chi connectivity index (χ1) is 4.33. The van der Waals surface area contributed by atoms with Crippen molar-refractivity contribution in [2.24, 2.45) is 5.73 Å². The third kappa shape index (κ3) is 1.95. The van der Waals surface area contributed by atoms with Crippen LogP contribution in [0.1, 0.15) is 19.8 Å². The van der Waals surface area contributed by atoms with Gasteiger partial charge in [0.05, 0.1) is 0 Å². The minimum Gasteiger partial charge on any atom is -0.327 e. The molecule has 0 spiro atoms. The van der Waals surface area contributed by atoms with Crippen molar-refractivity contribution in [3.05, 3.63) is 0 Å². The molecule has 1 rings (SSSR count). The molecular weight excluding hydrogens is 112 g/mol. The zero-order valence-electron chi connectivity index (χ0n) is 6.14. The molecular formula is C7H16N2. The number of likely N-dealkylation sites (N-methyl/N-ethyl adjacent to an activating group) is 1. The summed E-state index contributed by atoms with van der Waals surface area (Å²) in [4.78, 5) is 2.41. The van der Waals surface area contributed by atoms with Gasteiger partial charge < -0.3 is 10.6 Å². The van der Waals surface area contributed by atoms with Gasteiger partial charge >= 0.3 is 0 Å². The van der Waals surface area contributed by atoms with Crippen LogP contribution in [0.4, 0.5) is 0 Å². The average molecular weight is 128 g/mol. The van der Waals surface area contributed by atoms with Crippen molar-refractivity contribution in [1.82, 2.24) is 4.90 Å². The highest BCUT2D eigenvalue weighted by Crippen LogP contribution is 2.06. The lowest BCUT2D eigenvalue weighted by Crippen LogP contribution is -2.42. The van der Waals surface area contributed by atoms with E-state index in [1.165, 1.54) is 19.4 Å². The van der Waals surface area contributed by atoms with E-state index in [-0.39, 0.29) is 0 Å². The number of rotatable bonds is 1. The molecule has 1 heterocycles. The zero-order valence-corrected chi connectivity index (χ0v) is 6.14. The second-order valence-electron chi connectivity index (χ2n) is 2.80. The van der Waals surface area contributed by atoms with Gasteiger partial charge in [-0.05, 0) is 25.9 Å². The van der Waals surface area contributed by atoms with Crippen molar-refractivity contribution < 1.29 is 0 Å². The molecule has 0 aromatic carbocycles. The molecule has 2 nitrogen and oxygen atoms in total. The summed E-state index contributed by atoms with van der Waals surface area (Å²) in [6, 6.07) is 0.443. The minimum atomic E-state index is 0.443. The van der Waals surface area contributed by atoms with Crippen molar-refractivity contribution >= 4 is 0 Å². The van der Waals surface area contributed by atoms with Gasteiger partial charge in [0, 0.05) is 12.6 Å². The Balaban J connectivity index is 2.23. The number of nitrogens with zero attached hydrogens (tertiary/aromatic N) is 1. The molecule has 2 heteroatoms. The Labute approximate surface area is 57.0 Å². The molecule has 0 aromatic rings. The molecule has 0 radical (unpaired) electrons. The Morgan fingerprint density at radius 1 is 1.67 bits per heavy atom. The first-order valence-electron chi connectivity index (χ1n) is 3.81. The van der Waals surface area contributed by atoms with Crippen LogP contribution in [-0.4, -0.2) is 30.6 Å². The molecule has 0 saturated carbocycles. The van der Waals surface area contributed by atoms with Crippen molar-refractivity contribution in [2.45, 2.75) is 25.8 Å².